The number of hydrogen-bond donors (Lipinski definition) is 2. The number of aromatic amines is 1. The molecule has 0 spiro atoms. The summed E-state index contributed by atoms with van der Waals surface area (Å²) in [5.74, 6) is 1.85. The molecule has 2 atom stereocenters. The first-order valence-corrected chi connectivity index (χ1v) is 8.52. The highest BCUT2D eigenvalue weighted by Crippen LogP contribution is 2.24. The molecule has 0 radical (unpaired) electrons. The van der Waals surface area contributed by atoms with Gasteiger partial charge in [-0.2, -0.15) is 0 Å². The average Bonchev–Trinajstić information content (AvgIpc) is 3.14. The third kappa shape index (κ3) is 4.01. The zero-order chi connectivity index (χ0) is 16.2. The van der Waals surface area contributed by atoms with Gasteiger partial charge < -0.3 is 10.3 Å². The van der Waals surface area contributed by atoms with E-state index in [1.807, 2.05) is 24.3 Å². The largest absolute Gasteiger partial charge is 0.346 e. The standard InChI is InChI=1S/C19H25N3O/c1-13(2)11-17(20-18(23)12-14-7-3-4-8-14)19-21-15-9-5-6-10-16(15)22-19/h3,5-7,9-10,13-14,17H,4,8,11-12H2,1-2H3,(H,20,23)(H,21,22)/t14-,17-/m0/s1. The third-order valence-corrected chi connectivity index (χ3v) is 4.34. The Balaban J connectivity index is 1.73. The predicted octanol–water partition coefficient (Wildman–Crippen LogP) is 4.12. The highest BCUT2D eigenvalue weighted by atomic mass is 16.1. The van der Waals surface area contributed by atoms with Gasteiger partial charge in [-0.05, 0) is 43.2 Å². The second-order valence-electron chi connectivity index (χ2n) is 6.86. The van der Waals surface area contributed by atoms with E-state index in [9.17, 15) is 4.79 Å². The van der Waals surface area contributed by atoms with Crippen LogP contribution in [0, 0.1) is 11.8 Å². The molecule has 23 heavy (non-hydrogen) atoms. The number of para-hydroxylation sites is 2. The number of amides is 1. The second-order valence-corrected chi connectivity index (χ2v) is 6.86. The first-order valence-electron chi connectivity index (χ1n) is 8.52. The maximum Gasteiger partial charge on any atom is 0.221 e. The van der Waals surface area contributed by atoms with Gasteiger partial charge in [0.1, 0.15) is 5.82 Å². The van der Waals surface area contributed by atoms with E-state index in [1.165, 1.54) is 0 Å². The van der Waals surface area contributed by atoms with Crippen LogP contribution in [0.1, 0.15) is 51.4 Å². The maximum atomic E-state index is 12.4. The van der Waals surface area contributed by atoms with Crippen LogP contribution in [0.3, 0.4) is 0 Å². The summed E-state index contributed by atoms with van der Waals surface area (Å²) in [6.45, 7) is 4.34. The van der Waals surface area contributed by atoms with E-state index < -0.39 is 0 Å². The van der Waals surface area contributed by atoms with E-state index >= 15 is 0 Å². The fraction of sp³-hybridized carbons (Fsp3) is 0.474. The lowest BCUT2D eigenvalue weighted by molar-refractivity contribution is -0.122. The number of carbonyl (C=O) groups is 1. The van der Waals surface area contributed by atoms with E-state index in [2.05, 4.69) is 41.3 Å². The lowest BCUT2D eigenvalue weighted by atomic mass is 10.0. The molecule has 122 valence electrons. The van der Waals surface area contributed by atoms with Crippen molar-refractivity contribution in [2.24, 2.45) is 11.8 Å². The Labute approximate surface area is 137 Å². The van der Waals surface area contributed by atoms with Gasteiger partial charge in [0.05, 0.1) is 17.1 Å². The van der Waals surface area contributed by atoms with Crippen LogP contribution in [0.4, 0.5) is 0 Å². The monoisotopic (exact) mass is 311 g/mol. The van der Waals surface area contributed by atoms with Crippen molar-refractivity contribution in [3.8, 4) is 0 Å². The molecule has 3 rings (SSSR count). The first kappa shape index (κ1) is 15.8. The zero-order valence-electron chi connectivity index (χ0n) is 13.9. The number of carbonyl (C=O) groups excluding carboxylic acids is 1. The maximum absolute atomic E-state index is 12.4. The van der Waals surface area contributed by atoms with Crippen LogP contribution in [0.25, 0.3) is 11.0 Å². The Morgan fingerprint density at radius 1 is 1.39 bits per heavy atom. The third-order valence-electron chi connectivity index (χ3n) is 4.34. The number of H-pyrrole nitrogens is 1. The fourth-order valence-corrected chi connectivity index (χ4v) is 3.20. The van der Waals surface area contributed by atoms with Gasteiger partial charge in [0.25, 0.3) is 0 Å². The molecule has 2 aromatic rings. The van der Waals surface area contributed by atoms with E-state index in [1.54, 1.807) is 0 Å². The molecule has 2 N–H and O–H groups in total. The van der Waals surface area contributed by atoms with Gasteiger partial charge in [-0.1, -0.05) is 38.1 Å². The molecule has 0 fully saturated rings. The SMILES string of the molecule is CC(C)C[C@H](NC(=O)C[C@H]1C=CCC1)c1nc2ccccc2[nH]1. The average molecular weight is 311 g/mol. The van der Waals surface area contributed by atoms with Gasteiger partial charge in [-0.25, -0.2) is 4.98 Å². The Morgan fingerprint density at radius 3 is 2.91 bits per heavy atom. The molecule has 4 heteroatoms. The van der Waals surface area contributed by atoms with Crippen LogP contribution in [0.15, 0.2) is 36.4 Å². The number of benzene rings is 1. The Morgan fingerprint density at radius 2 is 2.22 bits per heavy atom. The Hall–Kier alpha value is -2.10. The van der Waals surface area contributed by atoms with Crippen molar-refractivity contribution in [2.75, 3.05) is 0 Å². The van der Waals surface area contributed by atoms with Crippen molar-refractivity contribution < 1.29 is 4.79 Å². The summed E-state index contributed by atoms with van der Waals surface area (Å²) < 4.78 is 0. The lowest BCUT2D eigenvalue weighted by Crippen LogP contribution is -2.31. The van der Waals surface area contributed by atoms with Crippen molar-refractivity contribution in [3.05, 3.63) is 42.2 Å². The number of fused-ring (bicyclic) bond motifs is 1. The number of nitrogens with one attached hydrogen (secondary N) is 2. The quantitative estimate of drug-likeness (QED) is 0.788. The van der Waals surface area contributed by atoms with Gasteiger partial charge in [0, 0.05) is 6.42 Å². The van der Waals surface area contributed by atoms with Crippen LogP contribution < -0.4 is 5.32 Å². The first-order chi connectivity index (χ1) is 11.1. The van der Waals surface area contributed by atoms with Crippen LogP contribution in [-0.2, 0) is 4.79 Å². The topological polar surface area (TPSA) is 57.8 Å². The van der Waals surface area contributed by atoms with E-state index in [4.69, 9.17) is 0 Å². The molecular formula is C19H25N3O. The predicted molar refractivity (Wildman–Crippen MR) is 92.9 cm³/mol. The zero-order valence-corrected chi connectivity index (χ0v) is 13.9. The molecular weight excluding hydrogens is 286 g/mol. The van der Waals surface area contributed by atoms with Crippen LogP contribution >= 0.6 is 0 Å². The molecule has 1 aliphatic carbocycles. The molecule has 0 saturated heterocycles. The molecule has 1 aromatic carbocycles. The summed E-state index contributed by atoms with van der Waals surface area (Å²) in [7, 11) is 0. The van der Waals surface area contributed by atoms with Crippen LogP contribution in [0.2, 0.25) is 0 Å². The number of rotatable bonds is 6. The summed E-state index contributed by atoms with van der Waals surface area (Å²) in [5.41, 5.74) is 1.97. The lowest BCUT2D eigenvalue weighted by Gasteiger charge is -2.19. The molecule has 0 unspecified atom stereocenters. The second kappa shape index (κ2) is 6.99. The number of allylic oxidation sites excluding steroid dienone is 2. The molecule has 1 amide bonds. The van der Waals surface area contributed by atoms with Gasteiger partial charge >= 0.3 is 0 Å². The number of nitrogens with zero attached hydrogens (tertiary/aromatic N) is 1. The summed E-state index contributed by atoms with van der Waals surface area (Å²) in [4.78, 5) is 20.4. The number of imidazole rings is 1. The smallest absolute Gasteiger partial charge is 0.221 e. The minimum absolute atomic E-state index is 0.0553. The molecule has 1 aromatic heterocycles. The van der Waals surface area contributed by atoms with Crippen molar-refractivity contribution >= 4 is 16.9 Å². The minimum Gasteiger partial charge on any atom is -0.346 e. The Kier molecular flexibility index (Phi) is 4.79. The van der Waals surface area contributed by atoms with Crippen LogP contribution in [0.5, 0.6) is 0 Å². The molecule has 0 bridgehead atoms. The van der Waals surface area contributed by atoms with Crippen LogP contribution in [-0.4, -0.2) is 15.9 Å². The molecule has 0 aliphatic heterocycles. The fourth-order valence-electron chi connectivity index (χ4n) is 3.20. The summed E-state index contributed by atoms with van der Waals surface area (Å²) in [6.07, 6.45) is 7.97. The number of hydrogen-bond acceptors (Lipinski definition) is 2. The molecule has 4 nitrogen and oxygen atoms in total. The van der Waals surface area contributed by atoms with Gasteiger partial charge in [-0.3, -0.25) is 4.79 Å². The van der Waals surface area contributed by atoms with E-state index in [0.29, 0.717) is 18.3 Å². The van der Waals surface area contributed by atoms with Crippen molar-refractivity contribution in [1.82, 2.24) is 15.3 Å². The van der Waals surface area contributed by atoms with E-state index in [0.717, 1.165) is 36.1 Å². The molecule has 1 aliphatic rings. The van der Waals surface area contributed by atoms with Gasteiger partial charge in [-0.15, -0.1) is 0 Å². The normalized spacial score (nSPS) is 18.7. The van der Waals surface area contributed by atoms with Gasteiger partial charge in [0.2, 0.25) is 5.91 Å². The highest BCUT2D eigenvalue weighted by molar-refractivity contribution is 5.78. The Bertz CT molecular complexity index is 668. The highest BCUT2D eigenvalue weighted by Gasteiger charge is 2.21. The summed E-state index contributed by atoms with van der Waals surface area (Å²) in [5, 5.41) is 3.19. The summed E-state index contributed by atoms with van der Waals surface area (Å²) in [6, 6.07) is 7.93. The number of aromatic nitrogens is 2. The molecule has 1 heterocycles. The van der Waals surface area contributed by atoms with Crippen molar-refractivity contribution in [1.29, 1.82) is 0 Å². The molecule has 0 saturated carbocycles. The van der Waals surface area contributed by atoms with Gasteiger partial charge in [0.15, 0.2) is 0 Å². The minimum atomic E-state index is -0.0553. The van der Waals surface area contributed by atoms with E-state index in [-0.39, 0.29) is 11.9 Å². The van der Waals surface area contributed by atoms with Crippen molar-refractivity contribution in [2.45, 2.75) is 45.6 Å². The van der Waals surface area contributed by atoms with Crippen molar-refractivity contribution in [3.63, 3.8) is 0 Å². The summed E-state index contributed by atoms with van der Waals surface area (Å²) >= 11 is 0.